The molecule has 23 heavy (non-hydrogen) atoms. The molecule has 2 heterocycles. The first-order chi connectivity index (χ1) is 11.2. The second-order valence-corrected chi connectivity index (χ2v) is 8.28. The first-order valence-electron chi connectivity index (χ1n) is 7.61. The van der Waals surface area contributed by atoms with Crippen LogP contribution in [-0.4, -0.2) is 39.8 Å². The number of Topliss-reactive ketones (excluding diaryl/α,β-unsaturated/α-hetero) is 1. The molecule has 0 N–H and O–H groups in total. The van der Waals surface area contributed by atoms with Crippen molar-refractivity contribution in [1.82, 2.24) is 14.7 Å². The maximum absolute atomic E-state index is 12.5. The first kappa shape index (κ1) is 16.8. The van der Waals surface area contributed by atoms with Gasteiger partial charge in [-0.3, -0.25) is 9.69 Å². The van der Waals surface area contributed by atoms with E-state index in [2.05, 4.69) is 10.00 Å². The molecule has 0 amide bonds. The minimum atomic E-state index is 0.138. The number of carbonyl (C=O) groups excluding carboxylic acids is 1. The van der Waals surface area contributed by atoms with Crippen LogP contribution in [-0.2, 0) is 6.67 Å². The second-order valence-electron chi connectivity index (χ2n) is 5.60. The Bertz CT molecular complexity index is 718. The predicted molar refractivity (Wildman–Crippen MR) is 97.8 cm³/mol. The van der Waals surface area contributed by atoms with Crippen LogP contribution < -0.4 is 0 Å². The normalized spacial score (nSPS) is 16.6. The molecule has 0 bridgehead atoms. The maximum Gasteiger partial charge on any atom is 0.181 e. The molecule has 4 nitrogen and oxygen atoms in total. The fourth-order valence-electron chi connectivity index (χ4n) is 2.82. The van der Waals surface area contributed by atoms with E-state index in [0.29, 0.717) is 0 Å². The van der Waals surface area contributed by atoms with E-state index in [9.17, 15) is 4.79 Å². The largest absolute Gasteiger partial charge is 0.294 e. The van der Waals surface area contributed by atoms with Crippen LogP contribution in [0, 0.1) is 9.87 Å². The lowest BCUT2D eigenvalue weighted by atomic mass is 9.89. The van der Waals surface area contributed by atoms with E-state index in [1.807, 2.05) is 41.3 Å². The summed E-state index contributed by atoms with van der Waals surface area (Å²) in [5.41, 5.74) is 0.831. The Morgan fingerprint density at radius 2 is 2.04 bits per heavy atom. The molecule has 2 aromatic rings. The fourth-order valence-corrected chi connectivity index (χ4v) is 4.56. The smallest absolute Gasteiger partial charge is 0.181 e. The number of nitrogens with zero attached hydrogens (tertiary/aromatic N) is 3. The molecule has 1 saturated heterocycles. The minimum absolute atomic E-state index is 0.138. The summed E-state index contributed by atoms with van der Waals surface area (Å²) in [5, 5.41) is 4.51. The van der Waals surface area contributed by atoms with Crippen molar-refractivity contribution in [3.05, 3.63) is 39.8 Å². The molecule has 3 rings (SSSR count). The molecule has 7 heteroatoms. The van der Waals surface area contributed by atoms with E-state index >= 15 is 0 Å². The van der Waals surface area contributed by atoms with E-state index in [1.54, 1.807) is 23.1 Å². The Balaban J connectivity index is 1.57. The third-order valence-corrected chi connectivity index (χ3v) is 6.40. The zero-order valence-corrected chi connectivity index (χ0v) is 15.4. The third-order valence-electron chi connectivity index (χ3n) is 4.11. The van der Waals surface area contributed by atoms with Crippen molar-refractivity contribution in [2.45, 2.75) is 23.8 Å². The Hall–Kier alpha value is -1.02. The number of likely N-dealkylation sites (tertiary alicyclic amines) is 1. The SMILES string of the molecule is CSc1nn(CN2CCC(C(=O)c3ccccc3)CC2)c(=S)s1. The quantitative estimate of drug-likeness (QED) is 0.456. The molecular weight excluding hydrogens is 346 g/mol. The molecule has 0 atom stereocenters. The van der Waals surface area contributed by atoms with Crippen LogP contribution in [0.15, 0.2) is 34.7 Å². The van der Waals surface area contributed by atoms with E-state index in [0.717, 1.165) is 46.5 Å². The van der Waals surface area contributed by atoms with Gasteiger partial charge < -0.3 is 0 Å². The highest BCUT2D eigenvalue weighted by atomic mass is 32.2. The number of carbonyl (C=O) groups is 1. The number of thioether (sulfide) groups is 1. The summed E-state index contributed by atoms with van der Waals surface area (Å²) in [6.45, 7) is 2.55. The van der Waals surface area contributed by atoms with Crippen LogP contribution >= 0.6 is 35.3 Å². The molecule has 1 aliphatic heterocycles. The molecular formula is C16H19N3OS3. The van der Waals surface area contributed by atoms with Gasteiger partial charge in [-0.15, -0.1) is 0 Å². The summed E-state index contributed by atoms with van der Waals surface area (Å²) in [7, 11) is 0. The van der Waals surface area contributed by atoms with Crippen LogP contribution in [0.1, 0.15) is 23.2 Å². The highest BCUT2D eigenvalue weighted by Crippen LogP contribution is 2.23. The zero-order valence-electron chi connectivity index (χ0n) is 13.0. The monoisotopic (exact) mass is 365 g/mol. The lowest BCUT2D eigenvalue weighted by Gasteiger charge is -2.30. The molecule has 1 aromatic heterocycles. The van der Waals surface area contributed by atoms with Crippen molar-refractivity contribution in [2.75, 3.05) is 19.3 Å². The lowest BCUT2D eigenvalue weighted by molar-refractivity contribution is 0.0803. The van der Waals surface area contributed by atoms with E-state index in [-0.39, 0.29) is 11.7 Å². The molecule has 1 aromatic carbocycles. The molecule has 0 unspecified atom stereocenters. The standard InChI is InChI=1S/C16H19N3OS3/c1-22-15-17-19(16(21)23-15)11-18-9-7-13(8-10-18)14(20)12-5-3-2-4-6-12/h2-6,13H,7-11H2,1H3. The van der Waals surface area contributed by atoms with Gasteiger partial charge in [-0.25, -0.2) is 4.68 Å². The molecule has 1 aliphatic rings. The summed E-state index contributed by atoms with van der Waals surface area (Å²) >= 11 is 8.54. The van der Waals surface area contributed by atoms with Gasteiger partial charge in [-0.05, 0) is 31.3 Å². The van der Waals surface area contributed by atoms with Gasteiger partial charge in [0.2, 0.25) is 0 Å². The predicted octanol–water partition coefficient (Wildman–Crippen LogP) is 3.95. The number of benzene rings is 1. The summed E-state index contributed by atoms with van der Waals surface area (Å²) < 4.78 is 3.71. The van der Waals surface area contributed by atoms with Crippen molar-refractivity contribution in [3.8, 4) is 0 Å². The molecule has 122 valence electrons. The van der Waals surface area contributed by atoms with Crippen molar-refractivity contribution in [1.29, 1.82) is 0 Å². The first-order valence-corrected chi connectivity index (χ1v) is 10.1. The number of aromatic nitrogens is 2. The van der Waals surface area contributed by atoms with Gasteiger partial charge in [0.25, 0.3) is 0 Å². The number of hydrogen-bond acceptors (Lipinski definition) is 6. The maximum atomic E-state index is 12.5. The second kappa shape index (κ2) is 7.70. The van der Waals surface area contributed by atoms with Crippen LogP contribution in [0.4, 0.5) is 0 Å². The minimum Gasteiger partial charge on any atom is -0.294 e. The van der Waals surface area contributed by atoms with Crippen LogP contribution in [0.2, 0.25) is 0 Å². The molecule has 0 spiro atoms. The molecule has 0 radical (unpaired) electrons. The van der Waals surface area contributed by atoms with Gasteiger partial charge in [-0.1, -0.05) is 53.4 Å². The van der Waals surface area contributed by atoms with Crippen LogP contribution in [0.5, 0.6) is 0 Å². The van der Waals surface area contributed by atoms with Gasteiger partial charge in [0.1, 0.15) is 0 Å². The fraction of sp³-hybridized carbons (Fsp3) is 0.438. The summed E-state index contributed by atoms with van der Waals surface area (Å²) in [6.07, 6.45) is 3.82. The Kier molecular flexibility index (Phi) is 5.63. The highest BCUT2D eigenvalue weighted by molar-refractivity contribution is 8.00. The van der Waals surface area contributed by atoms with E-state index in [4.69, 9.17) is 12.2 Å². The lowest BCUT2D eigenvalue weighted by Crippen LogP contribution is -2.37. The number of hydrogen-bond donors (Lipinski definition) is 0. The van der Waals surface area contributed by atoms with Gasteiger partial charge in [0.15, 0.2) is 14.1 Å². The summed E-state index contributed by atoms with van der Waals surface area (Å²) in [5.74, 6) is 0.416. The molecule has 0 aliphatic carbocycles. The topological polar surface area (TPSA) is 38.1 Å². The average molecular weight is 366 g/mol. The van der Waals surface area contributed by atoms with Crippen molar-refractivity contribution in [3.63, 3.8) is 0 Å². The van der Waals surface area contributed by atoms with Gasteiger partial charge in [0, 0.05) is 24.6 Å². The number of rotatable bonds is 5. The Labute approximate surface area is 149 Å². The van der Waals surface area contributed by atoms with E-state index < -0.39 is 0 Å². The third kappa shape index (κ3) is 4.09. The highest BCUT2D eigenvalue weighted by Gasteiger charge is 2.26. The molecule has 0 saturated carbocycles. The van der Waals surface area contributed by atoms with Crippen LogP contribution in [0.3, 0.4) is 0 Å². The van der Waals surface area contributed by atoms with Crippen molar-refractivity contribution < 1.29 is 4.79 Å². The van der Waals surface area contributed by atoms with Crippen LogP contribution in [0.25, 0.3) is 0 Å². The van der Waals surface area contributed by atoms with Crippen molar-refractivity contribution in [2.24, 2.45) is 5.92 Å². The number of piperidine rings is 1. The van der Waals surface area contributed by atoms with Crippen molar-refractivity contribution >= 4 is 41.1 Å². The molecule has 1 fully saturated rings. The average Bonchev–Trinajstić information content (AvgIpc) is 2.96. The van der Waals surface area contributed by atoms with Gasteiger partial charge in [0.05, 0.1) is 6.67 Å². The Morgan fingerprint density at radius 1 is 1.35 bits per heavy atom. The van der Waals surface area contributed by atoms with E-state index in [1.165, 1.54) is 0 Å². The summed E-state index contributed by atoms with van der Waals surface area (Å²) in [4.78, 5) is 14.8. The zero-order chi connectivity index (χ0) is 16.2. The number of ketones is 1. The summed E-state index contributed by atoms with van der Waals surface area (Å²) in [6, 6.07) is 9.62. The Morgan fingerprint density at radius 3 is 2.65 bits per heavy atom. The van der Waals surface area contributed by atoms with Gasteiger partial charge in [-0.2, -0.15) is 5.10 Å². The van der Waals surface area contributed by atoms with Gasteiger partial charge >= 0.3 is 0 Å².